The van der Waals surface area contributed by atoms with Gasteiger partial charge in [-0.3, -0.25) is 4.99 Å². The van der Waals surface area contributed by atoms with Gasteiger partial charge < -0.3 is 20.1 Å². The zero-order chi connectivity index (χ0) is 14.7. The summed E-state index contributed by atoms with van der Waals surface area (Å²) in [7, 11) is 3.52. The Balaban J connectivity index is 0. The van der Waals surface area contributed by atoms with Gasteiger partial charge in [0.05, 0.1) is 6.10 Å². The van der Waals surface area contributed by atoms with Crippen LogP contribution in [0.2, 0.25) is 0 Å². The summed E-state index contributed by atoms with van der Waals surface area (Å²) < 4.78 is 10.8. The third kappa shape index (κ3) is 10.7. The van der Waals surface area contributed by atoms with Crippen molar-refractivity contribution in [3.8, 4) is 0 Å². The van der Waals surface area contributed by atoms with Crippen molar-refractivity contribution in [3.05, 3.63) is 0 Å². The molecule has 0 radical (unpaired) electrons. The molecule has 0 aromatic carbocycles. The van der Waals surface area contributed by atoms with Crippen LogP contribution in [0.4, 0.5) is 0 Å². The number of rotatable bonds is 8. The second-order valence-corrected chi connectivity index (χ2v) is 5.52. The summed E-state index contributed by atoms with van der Waals surface area (Å²) in [6.07, 6.45) is 1.12. The van der Waals surface area contributed by atoms with Gasteiger partial charge in [-0.25, -0.2) is 0 Å². The molecule has 1 atom stereocenters. The Bertz CT molecular complexity index is 255. The van der Waals surface area contributed by atoms with Gasteiger partial charge in [0.15, 0.2) is 5.96 Å². The summed E-state index contributed by atoms with van der Waals surface area (Å²) in [5.74, 6) is 0.808. The van der Waals surface area contributed by atoms with Crippen molar-refractivity contribution < 1.29 is 9.47 Å². The standard InChI is InChI=1S/C14H31N3O2.HI/c1-7-19-10-8-9-16-13(15-5)17-11-12(18-6)14(2,3)4;/h12H,7-11H2,1-6H3,(H2,15,16,17);1H. The van der Waals surface area contributed by atoms with Crippen LogP contribution in [0, 0.1) is 5.41 Å². The minimum atomic E-state index is 0. The third-order valence-corrected chi connectivity index (χ3v) is 2.89. The zero-order valence-electron chi connectivity index (χ0n) is 13.8. The number of nitrogens with one attached hydrogen (secondary N) is 2. The number of ether oxygens (including phenoxy) is 2. The van der Waals surface area contributed by atoms with E-state index in [1.54, 1.807) is 14.2 Å². The van der Waals surface area contributed by atoms with E-state index < -0.39 is 0 Å². The summed E-state index contributed by atoms with van der Waals surface area (Å²) >= 11 is 0. The lowest BCUT2D eigenvalue weighted by Gasteiger charge is -2.30. The van der Waals surface area contributed by atoms with E-state index in [0.29, 0.717) is 0 Å². The van der Waals surface area contributed by atoms with Crippen LogP contribution >= 0.6 is 24.0 Å². The lowest BCUT2D eigenvalue weighted by Crippen LogP contribution is -2.45. The number of guanidine groups is 1. The fraction of sp³-hybridized carbons (Fsp3) is 0.929. The Morgan fingerprint density at radius 3 is 2.35 bits per heavy atom. The molecule has 0 aromatic rings. The lowest BCUT2D eigenvalue weighted by atomic mass is 9.89. The zero-order valence-corrected chi connectivity index (χ0v) is 16.1. The van der Waals surface area contributed by atoms with Crippen LogP contribution < -0.4 is 10.6 Å². The molecule has 0 amide bonds. The van der Waals surface area contributed by atoms with Gasteiger partial charge in [0, 0.05) is 40.5 Å². The maximum atomic E-state index is 5.50. The Morgan fingerprint density at radius 2 is 1.90 bits per heavy atom. The van der Waals surface area contributed by atoms with Gasteiger partial charge in [0.25, 0.3) is 0 Å². The first-order chi connectivity index (χ1) is 8.95. The fourth-order valence-electron chi connectivity index (χ4n) is 1.68. The predicted octanol–water partition coefficient (Wildman–Crippen LogP) is 2.26. The maximum absolute atomic E-state index is 5.50. The molecule has 5 nitrogen and oxygen atoms in total. The fourth-order valence-corrected chi connectivity index (χ4v) is 1.68. The number of halogens is 1. The van der Waals surface area contributed by atoms with Crippen molar-refractivity contribution in [3.63, 3.8) is 0 Å². The quantitative estimate of drug-likeness (QED) is 0.284. The number of hydrogen-bond donors (Lipinski definition) is 2. The molecule has 6 heteroatoms. The Labute approximate surface area is 141 Å². The molecular formula is C14H32IN3O2. The normalized spacial score (nSPS) is 13.6. The summed E-state index contributed by atoms with van der Waals surface area (Å²) in [4.78, 5) is 4.19. The van der Waals surface area contributed by atoms with Crippen LogP contribution in [-0.4, -0.2) is 52.5 Å². The topological polar surface area (TPSA) is 54.9 Å². The highest BCUT2D eigenvalue weighted by atomic mass is 127. The number of methoxy groups -OCH3 is 1. The van der Waals surface area contributed by atoms with Crippen LogP contribution in [-0.2, 0) is 9.47 Å². The second kappa shape index (κ2) is 12.6. The van der Waals surface area contributed by atoms with E-state index in [1.165, 1.54) is 0 Å². The van der Waals surface area contributed by atoms with Crippen molar-refractivity contribution >= 4 is 29.9 Å². The highest BCUT2D eigenvalue weighted by Gasteiger charge is 2.24. The number of nitrogens with zero attached hydrogens (tertiary/aromatic N) is 1. The summed E-state index contributed by atoms with van der Waals surface area (Å²) in [6, 6.07) is 0. The third-order valence-electron chi connectivity index (χ3n) is 2.89. The van der Waals surface area contributed by atoms with E-state index in [1.807, 2.05) is 6.92 Å². The molecule has 0 aliphatic carbocycles. The van der Waals surface area contributed by atoms with Gasteiger partial charge >= 0.3 is 0 Å². The lowest BCUT2D eigenvalue weighted by molar-refractivity contribution is 0.0205. The van der Waals surface area contributed by atoms with E-state index in [4.69, 9.17) is 9.47 Å². The summed E-state index contributed by atoms with van der Waals surface area (Å²) in [6.45, 7) is 11.7. The highest BCUT2D eigenvalue weighted by molar-refractivity contribution is 14.0. The first kappa shape index (κ1) is 22.2. The Hall–Kier alpha value is -0.0800. The molecule has 122 valence electrons. The van der Waals surface area contributed by atoms with Crippen molar-refractivity contribution in [2.45, 2.75) is 40.2 Å². The molecule has 0 aromatic heterocycles. The molecule has 0 spiro atoms. The van der Waals surface area contributed by atoms with Crippen molar-refractivity contribution in [2.75, 3.05) is 40.5 Å². The second-order valence-electron chi connectivity index (χ2n) is 5.52. The Morgan fingerprint density at radius 1 is 1.25 bits per heavy atom. The molecule has 0 aliphatic heterocycles. The van der Waals surface area contributed by atoms with Gasteiger partial charge in [-0.15, -0.1) is 24.0 Å². The highest BCUT2D eigenvalue weighted by Crippen LogP contribution is 2.20. The van der Waals surface area contributed by atoms with Gasteiger partial charge in [-0.2, -0.15) is 0 Å². The molecule has 0 heterocycles. The molecule has 0 saturated carbocycles. The SMILES string of the molecule is CCOCCCNC(=NC)NCC(OC)C(C)(C)C.I. The van der Waals surface area contributed by atoms with E-state index in [2.05, 4.69) is 36.4 Å². The van der Waals surface area contributed by atoms with E-state index >= 15 is 0 Å². The largest absolute Gasteiger partial charge is 0.382 e. The molecule has 0 saturated heterocycles. The van der Waals surface area contributed by atoms with Gasteiger partial charge in [0.2, 0.25) is 0 Å². The first-order valence-corrected chi connectivity index (χ1v) is 7.00. The predicted molar refractivity (Wildman–Crippen MR) is 96.1 cm³/mol. The first-order valence-electron chi connectivity index (χ1n) is 7.00. The molecule has 0 rings (SSSR count). The number of aliphatic imine (C=N–C) groups is 1. The van der Waals surface area contributed by atoms with Crippen molar-refractivity contribution in [1.29, 1.82) is 0 Å². The average Bonchev–Trinajstić information content (AvgIpc) is 2.35. The van der Waals surface area contributed by atoms with E-state index in [9.17, 15) is 0 Å². The minimum Gasteiger partial charge on any atom is -0.382 e. The number of hydrogen-bond acceptors (Lipinski definition) is 3. The van der Waals surface area contributed by atoms with Gasteiger partial charge in [0.1, 0.15) is 0 Å². The monoisotopic (exact) mass is 401 g/mol. The molecule has 0 bridgehead atoms. The van der Waals surface area contributed by atoms with Crippen molar-refractivity contribution in [1.82, 2.24) is 10.6 Å². The maximum Gasteiger partial charge on any atom is 0.191 e. The molecule has 20 heavy (non-hydrogen) atoms. The molecule has 0 fully saturated rings. The Kier molecular flexibility index (Phi) is 14.0. The summed E-state index contributed by atoms with van der Waals surface area (Å²) in [5, 5.41) is 6.55. The van der Waals surface area contributed by atoms with Crippen LogP contribution in [0.3, 0.4) is 0 Å². The molecular weight excluding hydrogens is 369 g/mol. The smallest absolute Gasteiger partial charge is 0.191 e. The van der Waals surface area contributed by atoms with Gasteiger partial charge in [-0.05, 0) is 18.8 Å². The molecule has 1 unspecified atom stereocenters. The van der Waals surface area contributed by atoms with Crippen LogP contribution in [0.15, 0.2) is 4.99 Å². The molecule has 2 N–H and O–H groups in total. The average molecular weight is 401 g/mol. The van der Waals surface area contributed by atoms with Gasteiger partial charge in [-0.1, -0.05) is 20.8 Å². The van der Waals surface area contributed by atoms with Crippen molar-refractivity contribution in [2.24, 2.45) is 10.4 Å². The van der Waals surface area contributed by atoms with Crippen LogP contribution in [0.1, 0.15) is 34.1 Å². The minimum absolute atomic E-state index is 0. The summed E-state index contributed by atoms with van der Waals surface area (Å²) in [5.41, 5.74) is 0.107. The molecule has 0 aliphatic rings. The van der Waals surface area contributed by atoms with Crippen LogP contribution in [0.5, 0.6) is 0 Å². The van der Waals surface area contributed by atoms with E-state index in [0.717, 1.165) is 38.7 Å². The van der Waals surface area contributed by atoms with Crippen LogP contribution in [0.25, 0.3) is 0 Å². The van der Waals surface area contributed by atoms with E-state index in [-0.39, 0.29) is 35.5 Å².